The number of ether oxygens (including phenoxy) is 1. The van der Waals surface area contributed by atoms with Gasteiger partial charge in [-0.1, -0.05) is 17.3 Å². The second kappa shape index (κ2) is 6.74. The van der Waals surface area contributed by atoms with Crippen LogP contribution in [0.2, 0.25) is 0 Å². The summed E-state index contributed by atoms with van der Waals surface area (Å²) in [6, 6.07) is 6.19. The maximum atomic E-state index is 11.4. The van der Waals surface area contributed by atoms with E-state index in [0.29, 0.717) is 5.69 Å². The molecule has 7 nitrogen and oxygen atoms in total. The zero-order valence-electron chi connectivity index (χ0n) is 12.1. The van der Waals surface area contributed by atoms with Crippen LogP contribution in [-0.2, 0) is 19.2 Å². The molecule has 0 bridgehead atoms. The third-order valence-corrected chi connectivity index (χ3v) is 2.12. The summed E-state index contributed by atoms with van der Waals surface area (Å²) in [6.07, 6.45) is 0. The number of carboxylic acids is 1. The molecule has 0 aliphatic rings. The number of carbonyl (C=O) groups is 2. The molecule has 0 atom stereocenters. The number of nitrogens with zero attached hydrogens (tertiary/aromatic N) is 1. The van der Waals surface area contributed by atoms with Gasteiger partial charge in [0.15, 0.2) is 5.71 Å². The second-order valence-corrected chi connectivity index (χ2v) is 5.23. The van der Waals surface area contributed by atoms with Crippen LogP contribution in [-0.4, -0.2) is 35.0 Å². The summed E-state index contributed by atoms with van der Waals surface area (Å²) >= 11 is 0. The first-order valence-corrected chi connectivity index (χ1v) is 6.20. The normalized spacial score (nSPS) is 11.9. The molecular weight excluding hydrogens is 276 g/mol. The van der Waals surface area contributed by atoms with Gasteiger partial charge in [-0.15, -0.1) is 0 Å². The van der Waals surface area contributed by atoms with Crippen LogP contribution in [0.1, 0.15) is 26.3 Å². The van der Waals surface area contributed by atoms with Crippen molar-refractivity contribution in [3.63, 3.8) is 0 Å². The first-order chi connectivity index (χ1) is 9.69. The highest BCUT2D eigenvalue weighted by molar-refractivity contribution is 6.42. The summed E-state index contributed by atoms with van der Waals surface area (Å²) in [5, 5.41) is 12.6. The predicted molar refractivity (Wildman–Crippen MR) is 76.8 cm³/mol. The van der Waals surface area contributed by atoms with Crippen molar-refractivity contribution in [2.24, 2.45) is 5.16 Å². The number of carbonyl (C=O) groups excluding carboxylic acids is 1. The fraction of sp³-hybridized carbons (Fsp3) is 0.357. The first-order valence-electron chi connectivity index (χ1n) is 6.20. The van der Waals surface area contributed by atoms with E-state index >= 15 is 0 Å². The van der Waals surface area contributed by atoms with Gasteiger partial charge in [0.25, 0.3) is 0 Å². The summed E-state index contributed by atoms with van der Waals surface area (Å²) in [5.74, 6) is -1.92. The van der Waals surface area contributed by atoms with Crippen molar-refractivity contribution in [3.05, 3.63) is 29.8 Å². The molecule has 114 valence electrons. The number of anilines is 1. The maximum absolute atomic E-state index is 11.4. The molecule has 0 spiro atoms. The highest BCUT2D eigenvalue weighted by Crippen LogP contribution is 2.09. The van der Waals surface area contributed by atoms with Crippen molar-refractivity contribution in [1.82, 2.24) is 0 Å². The highest BCUT2D eigenvalue weighted by atomic mass is 16.7. The highest BCUT2D eigenvalue weighted by Gasteiger charge is 2.18. The number of esters is 1. The molecule has 0 amide bonds. The second-order valence-electron chi connectivity index (χ2n) is 5.23. The number of hydrogen-bond donors (Lipinski definition) is 2. The molecule has 0 aliphatic heterocycles. The first kappa shape index (κ1) is 16.5. The molecule has 1 aromatic carbocycles. The van der Waals surface area contributed by atoms with Crippen LogP contribution >= 0.6 is 0 Å². The molecule has 0 radical (unpaired) electrons. The number of nitrogens with two attached hydrogens (primary N) is 1. The third-order valence-electron chi connectivity index (χ3n) is 2.12. The molecule has 0 saturated carbocycles. The lowest BCUT2D eigenvalue weighted by Gasteiger charge is -2.18. The van der Waals surface area contributed by atoms with E-state index < -0.39 is 24.1 Å². The van der Waals surface area contributed by atoms with E-state index in [2.05, 4.69) is 5.16 Å². The molecule has 0 aliphatic carbocycles. The molecular formula is C14H18N2O5. The summed E-state index contributed by atoms with van der Waals surface area (Å²) in [7, 11) is 0. The molecule has 3 N–H and O–H groups in total. The van der Waals surface area contributed by atoms with Crippen LogP contribution < -0.4 is 5.73 Å². The van der Waals surface area contributed by atoms with Crippen LogP contribution in [0.5, 0.6) is 0 Å². The van der Waals surface area contributed by atoms with Crippen molar-refractivity contribution < 1.29 is 24.3 Å². The van der Waals surface area contributed by atoms with Crippen molar-refractivity contribution in [1.29, 1.82) is 0 Å². The molecule has 0 saturated heterocycles. The quantitative estimate of drug-likeness (QED) is 0.367. The monoisotopic (exact) mass is 294 g/mol. The third kappa shape index (κ3) is 5.94. The lowest BCUT2D eigenvalue weighted by Crippen LogP contribution is -2.26. The number of nitrogen functional groups attached to an aromatic ring is 1. The van der Waals surface area contributed by atoms with Gasteiger partial charge < -0.3 is 20.4 Å². The number of aliphatic carboxylic acids is 1. The zero-order chi connectivity index (χ0) is 16.0. The van der Waals surface area contributed by atoms with Crippen molar-refractivity contribution in [3.8, 4) is 0 Å². The SMILES string of the molecule is CC(C)(C)OC(=O)CON=C(C(=O)O)c1cccc(N)c1. The van der Waals surface area contributed by atoms with E-state index in [9.17, 15) is 9.59 Å². The standard InChI is InChI=1S/C14H18N2O5/c1-14(2,3)21-11(17)8-20-16-12(13(18)19)9-5-4-6-10(15)7-9/h4-7H,8,15H2,1-3H3,(H,18,19). The van der Waals surface area contributed by atoms with E-state index in [1.54, 1.807) is 32.9 Å². The Morgan fingerprint density at radius 2 is 2.00 bits per heavy atom. The zero-order valence-corrected chi connectivity index (χ0v) is 12.1. The van der Waals surface area contributed by atoms with Crippen LogP contribution in [0.25, 0.3) is 0 Å². The fourth-order valence-electron chi connectivity index (χ4n) is 1.42. The average Bonchev–Trinajstić information content (AvgIpc) is 2.31. The summed E-state index contributed by atoms with van der Waals surface area (Å²) < 4.78 is 5.00. The maximum Gasteiger partial charge on any atom is 0.358 e. The Morgan fingerprint density at radius 3 is 2.52 bits per heavy atom. The number of carboxylic acid groups (broad SMARTS) is 1. The minimum Gasteiger partial charge on any atom is -0.476 e. The van der Waals surface area contributed by atoms with Gasteiger partial charge in [-0.25, -0.2) is 9.59 Å². The molecule has 0 aromatic heterocycles. The van der Waals surface area contributed by atoms with Crippen LogP contribution in [0.15, 0.2) is 29.4 Å². The Bertz CT molecular complexity index is 561. The molecule has 0 heterocycles. The molecule has 7 heteroatoms. The lowest BCUT2D eigenvalue weighted by atomic mass is 10.1. The van der Waals surface area contributed by atoms with E-state index in [4.69, 9.17) is 20.4 Å². The minimum atomic E-state index is -1.29. The molecule has 0 unspecified atom stereocenters. The Kier molecular flexibility index (Phi) is 5.29. The van der Waals surface area contributed by atoms with Crippen molar-refractivity contribution in [2.75, 3.05) is 12.3 Å². The molecule has 1 aromatic rings. The van der Waals surface area contributed by atoms with Gasteiger partial charge in [0, 0.05) is 11.3 Å². The van der Waals surface area contributed by atoms with Crippen LogP contribution in [0, 0.1) is 0 Å². The van der Waals surface area contributed by atoms with E-state index in [1.807, 2.05) is 0 Å². The summed E-state index contributed by atoms with van der Waals surface area (Å²) in [4.78, 5) is 27.3. The van der Waals surface area contributed by atoms with E-state index in [1.165, 1.54) is 12.1 Å². The van der Waals surface area contributed by atoms with Gasteiger partial charge in [0.2, 0.25) is 6.61 Å². The van der Waals surface area contributed by atoms with Gasteiger partial charge in [0.05, 0.1) is 0 Å². The van der Waals surface area contributed by atoms with Gasteiger partial charge in [-0.2, -0.15) is 0 Å². The molecule has 1 rings (SSSR count). The molecule has 0 fully saturated rings. The van der Waals surface area contributed by atoms with Crippen molar-refractivity contribution >= 4 is 23.3 Å². The van der Waals surface area contributed by atoms with Crippen LogP contribution in [0.3, 0.4) is 0 Å². The lowest BCUT2D eigenvalue weighted by molar-refractivity contribution is -0.160. The Hall–Kier alpha value is -2.57. The topological polar surface area (TPSA) is 111 Å². The number of oxime groups is 1. The van der Waals surface area contributed by atoms with Gasteiger partial charge in [0.1, 0.15) is 5.60 Å². The number of rotatable bonds is 5. The van der Waals surface area contributed by atoms with Gasteiger partial charge >= 0.3 is 11.9 Å². The fourth-order valence-corrected chi connectivity index (χ4v) is 1.42. The van der Waals surface area contributed by atoms with Crippen molar-refractivity contribution in [2.45, 2.75) is 26.4 Å². The number of hydrogen-bond acceptors (Lipinski definition) is 6. The van der Waals surface area contributed by atoms with Gasteiger partial charge in [-0.05, 0) is 32.9 Å². The minimum absolute atomic E-state index is 0.284. The average molecular weight is 294 g/mol. The van der Waals surface area contributed by atoms with E-state index in [-0.39, 0.29) is 11.3 Å². The Balaban J connectivity index is 2.75. The van der Waals surface area contributed by atoms with Gasteiger partial charge in [-0.3, -0.25) is 0 Å². The molecule has 21 heavy (non-hydrogen) atoms. The summed E-state index contributed by atoms with van der Waals surface area (Å²) in [5.41, 5.74) is 5.27. The number of benzene rings is 1. The Labute approximate surface area is 122 Å². The Morgan fingerprint density at radius 1 is 1.33 bits per heavy atom. The van der Waals surface area contributed by atoms with E-state index in [0.717, 1.165) is 0 Å². The van der Waals surface area contributed by atoms with Crippen LogP contribution in [0.4, 0.5) is 5.69 Å². The smallest absolute Gasteiger partial charge is 0.358 e. The largest absolute Gasteiger partial charge is 0.476 e. The summed E-state index contributed by atoms with van der Waals surface area (Å²) in [6.45, 7) is 4.66. The predicted octanol–water partition coefficient (Wildman–Crippen LogP) is 1.42.